The highest BCUT2D eigenvalue weighted by molar-refractivity contribution is 6.02. The number of likely N-dealkylation sites (tertiary alicyclic amines) is 1. The van der Waals surface area contributed by atoms with Crippen molar-refractivity contribution in [2.45, 2.75) is 38.8 Å². The van der Waals surface area contributed by atoms with Gasteiger partial charge in [-0.1, -0.05) is 24.8 Å². The predicted molar refractivity (Wildman–Crippen MR) is 173 cm³/mol. The summed E-state index contributed by atoms with van der Waals surface area (Å²) in [5.74, 6) is 0.270. The quantitative estimate of drug-likeness (QED) is 0.173. The zero-order valence-electron chi connectivity index (χ0n) is 25.8. The van der Waals surface area contributed by atoms with Crippen LogP contribution in [0.25, 0.3) is 16.7 Å². The number of anilines is 4. The van der Waals surface area contributed by atoms with Gasteiger partial charge in [-0.3, -0.25) is 4.79 Å². The van der Waals surface area contributed by atoms with Crippen LogP contribution in [0, 0.1) is 0 Å². The summed E-state index contributed by atoms with van der Waals surface area (Å²) in [6.07, 6.45) is 6.51. The Morgan fingerprint density at radius 2 is 2.00 bits per heavy atom. The minimum Gasteiger partial charge on any atom is -0.494 e. The first kappa shape index (κ1) is 30.6. The summed E-state index contributed by atoms with van der Waals surface area (Å²) in [7, 11) is 5.72. The van der Waals surface area contributed by atoms with E-state index in [1.54, 1.807) is 27.0 Å². The van der Waals surface area contributed by atoms with Crippen LogP contribution in [0.2, 0.25) is 0 Å². The van der Waals surface area contributed by atoms with Crippen molar-refractivity contribution in [1.82, 2.24) is 19.4 Å². The number of para-hydroxylation sites is 1. The van der Waals surface area contributed by atoms with E-state index in [-0.39, 0.29) is 23.5 Å². The van der Waals surface area contributed by atoms with Crippen LogP contribution in [0.1, 0.15) is 37.0 Å². The number of carbonyl (C=O) groups is 2. The zero-order chi connectivity index (χ0) is 31.4. The summed E-state index contributed by atoms with van der Waals surface area (Å²) < 4.78 is 13.1. The molecule has 0 aliphatic carbocycles. The number of carbonyl (C=O) groups excluding carboxylic acids is 2. The maximum Gasteiger partial charge on any atom is 0.343 e. The van der Waals surface area contributed by atoms with Crippen molar-refractivity contribution in [1.29, 1.82) is 0 Å². The number of amides is 1. The van der Waals surface area contributed by atoms with Gasteiger partial charge in [0.25, 0.3) is 0 Å². The van der Waals surface area contributed by atoms with Crippen LogP contribution in [0.5, 0.6) is 5.75 Å². The Bertz CT molecular complexity index is 1680. The van der Waals surface area contributed by atoms with Gasteiger partial charge in [0.15, 0.2) is 5.82 Å². The Kier molecular flexibility index (Phi) is 9.15. The second-order valence-electron chi connectivity index (χ2n) is 11.2. The van der Waals surface area contributed by atoms with Gasteiger partial charge in [0.05, 0.1) is 35.8 Å². The van der Waals surface area contributed by atoms with Crippen molar-refractivity contribution >= 4 is 45.8 Å². The van der Waals surface area contributed by atoms with Crippen LogP contribution >= 0.6 is 0 Å². The van der Waals surface area contributed by atoms with Gasteiger partial charge in [0.1, 0.15) is 11.3 Å². The molecule has 1 saturated heterocycles. The van der Waals surface area contributed by atoms with Gasteiger partial charge in [-0.05, 0) is 69.9 Å². The molecule has 230 valence electrons. The molecule has 0 radical (unpaired) electrons. The Hall–Kier alpha value is -4.90. The lowest BCUT2D eigenvalue weighted by Crippen LogP contribution is -2.37. The highest BCUT2D eigenvalue weighted by atomic mass is 16.5. The smallest absolute Gasteiger partial charge is 0.343 e. The molecule has 11 heteroatoms. The largest absolute Gasteiger partial charge is 0.494 e. The molecule has 4 aromatic rings. The van der Waals surface area contributed by atoms with Crippen molar-refractivity contribution in [3.63, 3.8) is 0 Å². The molecule has 1 amide bonds. The molecule has 1 unspecified atom stereocenters. The molecular weight excluding hydrogens is 558 g/mol. The Morgan fingerprint density at radius 1 is 1.20 bits per heavy atom. The number of fused-ring (bicyclic) bond motifs is 1. The number of nitrogens with one attached hydrogen (secondary N) is 2. The van der Waals surface area contributed by atoms with Crippen LogP contribution < -0.4 is 20.3 Å². The number of hydrogen-bond donors (Lipinski definition) is 2. The number of rotatable bonds is 11. The number of hydrogen-bond acceptors (Lipinski definition) is 9. The van der Waals surface area contributed by atoms with E-state index in [1.807, 2.05) is 54.2 Å². The third kappa shape index (κ3) is 6.52. The summed E-state index contributed by atoms with van der Waals surface area (Å²) >= 11 is 0. The molecule has 44 heavy (non-hydrogen) atoms. The number of aromatic nitrogens is 3. The first-order chi connectivity index (χ1) is 21.2. The third-order valence-electron chi connectivity index (χ3n) is 7.73. The fourth-order valence-electron chi connectivity index (χ4n) is 5.49. The Morgan fingerprint density at radius 3 is 2.70 bits per heavy atom. The second-order valence-corrected chi connectivity index (χ2v) is 11.2. The van der Waals surface area contributed by atoms with Crippen molar-refractivity contribution in [3.05, 3.63) is 73.1 Å². The molecule has 0 saturated carbocycles. The van der Waals surface area contributed by atoms with Gasteiger partial charge in [-0.15, -0.1) is 0 Å². The second kappa shape index (κ2) is 13.2. The van der Waals surface area contributed by atoms with E-state index < -0.39 is 5.97 Å². The lowest BCUT2D eigenvalue weighted by Gasteiger charge is -2.29. The SMILES string of the molecule is C=CC(=O)Nc1cc(Nc2ncc(C(=O)OC(C)C)c(-n3ccc4ccccc43)n2)c(OC)cc1N(C)CC1CCCN1C. The van der Waals surface area contributed by atoms with Crippen LogP contribution in [0.4, 0.5) is 23.0 Å². The molecule has 2 N–H and O–H groups in total. The van der Waals surface area contributed by atoms with E-state index in [4.69, 9.17) is 14.5 Å². The fourth-order valence-corrected chi connectivity index (χ4v) is 5.49. The molecular formula is C33H39N7O4. The minimum absolute atomic E-state index is 0.227. The summed E-state index contributed by atoms with van der Waals surface area (Å²) in [5.41, 5.74) is 3.02. The molecule has 11 nitrogen and oxygen atoms in total. The van der Waals surface area contributed by atoms with E-state index in [2.05, 4.69) is 39.0 Å². The van der Waals surface area contributed by atoms with Crippen LogP contribution in [0.3, 0.4) is 0 Å². The van der Waals surface area contributed by atoms with Gasteiger partial charge in [0.2, 0.25) is 11.9 Å². The van der Waals surface area contributed by atoms with Crippen molar-refractivity contribution in [2.24, 2.45) is 0 Å². The maximum absolute atomic E-state index is 13.1. The van der Waals surface area contributed by atoms with E-state index in [1.165, 1.54) is 12.3 Å². The molecule has 5 rings (SSSR count). The van der Waals surface area contributed by atoms with Gasteiger partial charge in [0, 0.05) is 38.1 Å². The summed E-state index contributed by atoms with van der Waals surface area (Å²) in [6.45, 7) is 9.05. The van der Waals surface area contributed by atoms with Gasteiger partial charge >= 0.3 is 5.97 Å². The first-order valence-electron chi connectivity index (χ1n) is 14.7. The lowest BCUT2D eigenvalue weighted by molar-refractivity contribution is -0.111. The van der Waals surface area contributed by atoms with Crippen molar-refractivity contribution in [2.75, 3.05) is 49.8 Å². The number of methoxy groups -OCH3 is 1. The molecule has 1 atom stereocenters. The summed E-state index contributed by atoms with van der Waals surface area (Å²) in [4.78, 5) is 39.3. The number of nitrogens with zero attached hydrogens (tertiary/aromatic N) is 5. The Balaban J connectivity index is 1.55. The predicted octanol–water partition coefficient (Wildman–Crippen LogP) is 5.39. The average molecular weight is 598 g/mol. The van der Waals surface area contributed by atoms with Gasteiger partial charge in [-0.2, -0.15) is 4.98 Å². The first-order valence-corrected chi connectivity index (χ1v) is 14.7. The highest BCUT2D eigenvalue weighted by Crippen LogP contribution is 2.38. The third-order valence-corrected chi connectivity index (χ3v) is 7.73. The van der Waals surface area contributed by atoms with Crippen LogP contribution in [-0.2, 0) is 9.53 Å². The number of ether oxygens (including phenoxy) is 2. The maximum atomic E-state index is 13.1. The zero-order valence-corrected chi connectivity index (χ0v) is 25.8. The van der Waals surface area contributed by atoms with E-state index >= 15 is 0 Å². The minimum atomic E-state index is -0.522. The summed E-state index contributed by atoms with van der Waals surface area (Å²) in [6, 6.07) is 13.9. The summed E-state index contributed by atoms with van der Waals surface area (Å²) in [5, 5.41) is 7.18. The molecule has 2 aromatic heterocycles. The highest BCUT2D eigenvalue weighted by Gasteiger charge is 2.25. The molecule has 3 heterocycles. The van der Waals surface area contributed by atoms with E-state index in [0.29, 0.717) is 29.0 Å². The van der Waals surface area contributed by atoms with Crippen molar-refractivity contribution in [3.8, 4) is 11.6 Å². The number of likely N-dealkylation sites (N-methyl/N-ethyl adjacent to an activating group) is 2. The number of esters is 1. The molecule has 1 aliphatic heterocycles. The molecule has 1 fully saturated rings. The van der Waals surface area contributed by atoms with Crippen molar-refractivity contribution < 1.29 is 19.1 Å². The lowest BCUT2D eigenvalue weighted by atomic mass is 10.1. The normalized spacial score (nSPS) is 14.9. The molecule has 2 aromatic carbocycles. The molecule has 1 aliphatic rings. The fraction of sp³-hybridized carbons (Fsp3) is 0.333. The molecule has 0 bridgehead atoms. The molecule has 0 spiro atoms. The standard InChI is InChI=1S/C33H39N7O4/c1-7-30(41)35-25-17-26(29(43-6)18-28(25)39(5)20-23-12-10-15-38(23)4)36-33-34-19-24(32(42)44-21(2)3)31(37-33)40-16-14-22-11-8-9-13-27(22)40/h7-9,11,13-14,16-19,21,23H,1,10,12,15,20H2,2-6H3,(H,35,41)(H,34,36,37). The Labute approximate surface area is 257 Å². The van der Waals surface area contributed by atoms with Gasteiger partial charge < -0.3 is 34.5 Å². The monoisotopic (exact) mass is 597 g/mol. The van der Waals surface area contributed by atoms with Crippen LogP contribution in [0.15, 0.2) is 67.5 Å². The van der Waals surface area contributed by atoms with E-state index in [0.717, 1.165) is 42.5 Å². The number of benzene rings is 2. The van der Waals surface area contributed by atoms with Gasteiger partial charge in [-0.25, -0.2) is 9.78 Å². The average Bonchev–Trinajstić information content (AvgIpc) is 3.62. The van der Waals surface area contributed by atoms with E-state index in [9.17, 15) is 9.59 Å². The van der Waals surface area contributed by atoms with Crippen LogP contribution in [-0.4, -0.2) is 77.8 Å². The topological polar surface area (TPSA) is 114 Å².